The number of aryl methyl sites for hydroxylation is 1. The van der Waals surface area contributed by atoms with E-state index in [0.717, 1.165) is 31.1 Å². The third-order valence-corrected chi connectivity index (χ3v) is 14.1. The Balaban J connectivity index is 1.23. The van der Waals surface area contributed by atoms with Gasteiger partial charge in [-0.1, -0.05) is 32.9 Å². The van der Waals surface area contributed by atoms with Crippen LogP contribution in [-0.2, 0) is 22.4 Å². The molecule has 0 aliphatic heterocycles. The summed E-state index contributed by atoms with van der Waals surface area (Å²) in [6, 6.07) is 6.95. The molecule has 12 atom stereocenters. The molecule has 6 aliphatic rings. The van der Waals surface area contributed by atoms with E-state index in [1.165, 1.54) is 48.9 Å². The highest BCUT2D eigenvalue weighted by Crippen LogP contribution is 2.88. The van der Waals surface area contributed by atoms with E-state index in [1.807, 2.05) is 6.92 Å². The molecule has 5 heteroatoms. The van der Waals surface area contributed by atoms with Crippen molar-refractivity contribution >= 4 is 11.5 Å². The summed E-state index contributed by atoms with van der Waals surface area (Å²) in [5, 5.41) is 25.9. The molecule has 214 valence electrons. The molecule has 1 aromatic carbocycles. The van der Waals surface area contributed by atoms with E-state index in [9.17, 15) is 15.0 Å². The van der Waals surface area contributed by atoms with Crippen molar-refractivity contribution in [3.05, 3.63) is 29.3 Å². The maximum Gasteiger partial charge on any atom is 0.141 e. The number of Topliss-reactive ketones (excluding diaryl/α,β-unsaturated/α-hetero) is 1. The topological polar surface area (TPSA) is 78.8 Å². The molecule has 7 rings (SSSR count). The number of rotatable bonds is 7. The van der Waals surface area contributed by atoms with E-state index in [1.54, 1.807) is 7.11 Å². The highest BCUT2D eigenvalue weighted by atomic mass is 16.5. The van der Waals surface area contributed by atoms with Gasteiger partial charge in [0.25, 0.3) is 0 Å². The molecule has 3 N–H and O–H groups in total. The molecule has 5 nitrogen and oxygen atoms in total. The molecule has 6 saturated carbocycles. The first-order valence-electron chi connectivity index (χ1n) is 15.9. The number of ether oxygens (including phenoxy) is 1. The van der Waals surface area contributed by atoms with Crippen LogP contribution in [0.25, 0.3) is 0 Å². The van der Waals surface area contributed by atoms with E-state index in [-0.39, 0.29) is 40.2 Å². The van der Waals surface area contributed by atoms with Crippen molar-refractivity contribution in [3.63, 3.8) is 0 Å². The van der Waals surface area contributed by atoms with Crippen LogP contribution in [0.15, 0.2) is 18.2 Å². The minimum absolute atomic E-state index is 0.0245. The van der Waals surface area contributed by atoms with Crippen LogP contribution >= 0.6 is 0 Å². The number of hydrogen-bond donors (Lipinski definition) is 3. The number of fused-ring (bicyclic) bond motifs is 3. The average molecular weight is 536 g/mol. The molecule has 0 saturated heterocycles. The zero-order valence-electron chi connectivity index (χ0n) is 24.6. The number of anilines is 1. The standard InChI is InChI=1S/C34H49NO4/c1-6-21-8-7-20(12-26(21)35-18-19(2)36)11-23-17-33-16-22(23)9-10-25(33)13-24-15-31(3)32(33,4)29(24)30-27(37)14-28(39-5)34(30,31)38/h7-8,12,19,22-25,28-30,35-36,38H,6,9-11,13-18H2,1-5H3. The molecule has 12 unspecified atom stereocenters. The van der Waals surface area contributed by atoms with Gasteiger partial charge in [0, 0.05) is 31.2 Å². The van der Waals surface area contributed by atoms with Crippen molar-refractivity contribution in [1.29, 1.82) is 0 Å². The summed E-state index contributed by atoms with van der Waals surface area (Å²) in [7, 11) is 1.69. The zero-order chi connectivity index (χ0) is 27.5. The predicted molar refractivity (Wildman–Crippen MR) is 152 cm³/mol. The monoisotopic (exact) mass is 535 g/mol. The molecule has 0 radical (unpaired) electrons. The lowest BCUT2D eigenvalue weighted by molar-refractivity contribution is -0.192. The fourth-order valence-electron chi connectivity index (χ4n) is 12.6. The number of carbonyl (C=O) groups excluding carboxylic acids is 1. The predicted octanol–water partition coefficient (Wildman–Crippen LogP) is 5.41. The summed E-state index contributed by atoms with van der Waals surface area (Å²) in [5.74, 6) is 2.98. The van der Waals surface area contributed by atoms with Gasteiger partial charge in [-0.3, -0.25) is 4.79 Å². The quantitative estimate of drug-likeness (QED) is 0.435. The first-order valence-corrected chi connectivity index (χ1v) is 15.9. The second-order valence-electron chi connectivity index (χ2n) is 15.1. The van der Waals surface area contributed by atoms with Crippen LogP contribution in [0.2, 0.25) is 0 Å². The van der Waals surface area contributed by atoms with E-state index in [0.29, 0.717) is 30.7 Å². The number of aliphatic hydroxyl groups excluding tert-OH is 1. The molecule has 0 heterocycles. The molecule has 1 aromatic rings. The molecule has 39 heavy (non-hydrogen) atoms. The second-order valence-corrected chi connectivity index (χ2v) is 15.1. The summed E-state index contributed by atoms with van der Waals surface area (Å²) in [4.78, 5) is 13.5. The SMILES string of the molecule is CCc1ccc(CC2CC34CC2CCC3CC2CC3(C)C5(O)C(OC)CC(=O)C5C2C43C)cc1NCC(C)O. The summed E-state index contributed by atoms with van der Waals surface area (Å²) >= 11 is 0. The van der Waals surface area contributed by atoms with Gasteiger partial charge in [0.15, 0.2) is 0 Å². The smallest absolute Gasteiger partial charge is 0.141 e. The third-order valence-electron chi connectivity index (χ3n) is 14.1. The maximum atomic E-state index is 13.5. The van der Waals surface area contributed by atoms with E-state index >= 15 is 0 Å². The molecule has 6 bridgehead atoms. The Morgan fingerprint density at radius 2 is 1.95 bits per heavy atom. The van der Waals surface area contributed by atoms with Gasteiger partial charge < -0.3 is 20.3 Å². The van der Waals surface area contributed by atoms with E-state index in [2.05, 4.69) is 44.3 Å². The van der Waals surface area contributed by atoms with Crippen LogP contribution in [-0.4, -0.2) is 47.5 Å². The van der Waals surface area contributed by atoms with Gasteiger partial charge >= 0.3 is 0 Å². The van der Waals surface area contributed by atoms with Gasteiger partial charge in [-0.05, 0) is 116 Å². The van der Waals surface area contributed by atoms with E-state index in [4.69, 9.17) is 4.74 Å². The van der Waals surface area contributed by atoms with Crippen LogP contribution in [0.5, 0.6) is 0 Å². The summed E-state index contributed by atoms with van der Waals surface area (Å²) in [6.45, 7) is 9.48. The minimum atomic E-state index is -1.02. The van der Waals surface area contributed by atoms with Crippen molar-refractivity contribution in [2.24, 2.45) is 51.8 Å². The Morgan fingerprint density at radius 3 is 2.67 bits per heavy atom. The second kappa shape index (κ2) is 8.55. The first kappa shape index (κ1) is 26.5. The number of hydrogen-bond acceptors (Lipinski definition) is 5. The zero-order valence-corrected chi connectivity index (χ0v) is 24.6. The lowest BCUT2D eigenvalue weighted by Gasteiger charge is -2.61. The number of aliphatic hydroxyl groups is 2. The van der Waals surface area contributed by atoms with Crippen LogP contribution in [0, 0.1) is 51.8 Å². The number of nitrogens with one attached hydrogen (secondary N) is 1. The highest BCUT2D eigenvalue weighted by Gasteiger charge is 2.88. The van der Waals surface area contributed by atoms with Gasteiger partial charge in [-0.25, -0.2) is 0 Å². The van der Waals surface area contributed by atoms with Crippen LogP contribution in [0.4, 0.5) is 5.69 Å². The number of benzene rings is 1. The van der Waals surface area contributed by atoms with Crippen LogP contribution in [0.1, 0.15) is 83.8 Å². The van der Waals surface area contributed by atoms with Gasteiger partial charge in [-0.2, -0.15) is 0 Å². The Bertz CT molecular complexity index is 1180. The summed E-state index contributed by atoms with van der Waals surface area (Å²) in [5.41, 5.74) is 2.76. The fraction of sp³-hybridized carbons (Fsp3) is 0.794. The molecule has 6 aliphatic carbocycles. The first-order chi connectivity index (χ1) is 18.5. The third kappa shape index (κ3) is 3.06. The summed E-state index contributed by atoms with van der Waals surface area (Å²) in [6.07, 6.45) is 9.18. The molecule has 0 aromatic heterocycles. The largest absolute Gasteiger partial charge is 0.392 e. The Hall–Kier alpha value is -1.43. The molecule has 0 amide bonds. The van der Waals surface area contributed by atoms with Crippen molar-refractivity contribution in [3.8, 4) is 0 Å². The van der Waals surface area contributed by atoms with Crippen molar-refractivity contribution in [1.82, 2.24) is 0 Å². The number of ketones is 1. The van der Waals surface area contributed by atoms with Gasteiger partial charge in [0.1, 0.15) is 11.4 Å². The van der Waals surface area contributed by atoms with Gasteiger partial charge in [0.2, 0.25) is 0 Å². The number of carbonyl (C=O) groups is 1. The Morgan fingerprint density at radius 1 is 1.15 bits per heavy atom. The lowest BCUT2D eigenvalue weighted by atomic mass is 9.43. The van der Waals surface area contributed by atoms with Crippen molar-refractivity contribution < 1.29 is 19.7 Å². The van der Waals surface area contributed by atoms with Crippen molar-refractivity contribution in [2.45, 2.75) is 103 Å². The van der Waals surface area contributed by atoms with Crippen molar-refractivity contribution in [2.75, 3.05) is 19.0 Å². The van der Waals surface area contributed by atoms with Crippen LogP contribution in [0.3, 0.4) is 0 Å². The molecule has 1 spiro atoms. The molecular formula is C34H49NO4. The molecular weight excluding hydrogens is 486 g/mol. The van der Waals surface area contributed by atoms with Crippen LogP contribution < -0.4 is 5.32 Å². The van der Waals surface area contributed by atoms with Gasteiger partial charge in [-0.15, -0.1) is 0 Å². The average Bonchev–Trinajstić information content (AvgIpc) is 3.46. The normalized spacial score (nSPS) is 49.7. The van der Waals surface area contributed by atoms with E-state index < -0.39 is 5.60 Å². The lowest BCUT2D eigenvalue weighted by Crippen LogP contribution is -2.60. The van der Waals surface area contributed by atoms with Gasteiger partial charge in [0.05, 0.1) is 18.1 Å². The fourth-order valence-corrected chi connectivity index (χ4v) is 12.6. The Kier molecular flexibility index (Phi) is 5.80. The Labute approximate surface area is 234 Å². The number of methoxy groups -OCH3 is 1. The molecule has 6 fully saturated rings. The summed E-state index contributed by atoms with van der Waals surface area (Å²) < 4.78 is 5.90. The minimum Gasteiger partial charge on any atom is -0.392 e. The highest BCUT2D eigenvalue weighted by molar-refractivity contribution is 5.88. The maximum absolute atomic E-state index is 13.5.